The summed E-state index contributed by atoms with van der Waals surface area (Å²) in [6, 6.07) is 7.79. The SMILES string of the molecule is COc1cccc(-n2cc(CN(C)C(=O)CC3COCCN3)cn2)c1.Cl. The standard InChI is InChI=1S/C18H24N4O3.ClH/c1-21(18(23)8-15-13-25-7-6-19-15)11-14-10-20-22(12-14)16-4-3-5-17(9-16)24-2;/h3-5,9-10,12,15,19H,6-8,11,13H2,1-2H3;1H. The van der Waals surface area contributed by atoms with Gasteiger partial charge in [-0.25, -0.2) is 4.68 Å². The number of ether oxygens (including phenoxy) is 2. The maximum atomic E-state index is 12.4. The highest BCUT2D eigenvalue weighted by molar-refractivity contribution is 5.85. The number of morpholine rings is 1. The van der Waals surface area contributed by atoms with Gasteiger partial charge < -0.3 is 19.7 Å². The summed E-state index contributed by atoms with van der Waals surface area (Å²) in [7, 11) is 3.45. The summed E-state index contributed by atoms with van der Waals surface area (Å²) in [5.74, 6) is 0.876. The molecule has 1 atom stereocenters. The van der Waals surface area contributed by atoms with Crippen LogP contribution in [0.4, 0.5) is 0 Å². The van der Waals surface area contributed by atoms with Crippen molar-refractivity contribution in [3.8, 4) is 11.4 Å². The number of aromatic nitrogens is 2. The molecular weight excluding hydrogens is 356 g/mol. The first-order chi connectivity index (χ1) is 12.2. The molecule has 0 aliphatic carbocycles. The van der Waals surface area contributed by atoms with Crippen LogP contribution in [-0.2, 0) is 16.1 Å². The van der Waals surface area contributed by atoms with E-state index in [-0.39, 0.29) is 24.4 Å². The lowest BCUT2D eigenvalue weighted by Gasteiger charge is -2.25. The molecule has 7 nitrogen and oxygen atoms in total. The molecule has 3 rings (SSSR count). The van der Waals surface area contributed by atoms with E-state index < -0.39 is 0 Å². The quantitative estimate of drug-likeness (QED) is 0.825. The van der Waals surface area contributed by atoms with Crippen LogP contribution in [0.1, 0.15) is 12.0 Å². The third-order valence-electron chi connectivity index (χ3n) is 4.22. The number of rotatable bonds is 6. The summed E-state index contributed by atoms with van der Waals surface area (Å²) in [5, 5.41) is 7.69. The Morgan fingerprint density at radius 1 is 1.50 bits per heavy atom. The van der Waals surface area contributed by atoms with Crippen LogP contribution >= 0.6 is 12.4 Å². The molecule has 1 fully saturated rings. The van der Waals surface area contributed by atoms with Crippen molar-refractivity contribution in [1.82, 2.24) is 20.0 Å². The minimum Gasteiger partial charge on any atom is -0.497 e. The Balaban J connectivity index is 0.00000243. The molecule has 2 aromatic rings. The molecule has 1 aromatic carbocycles. The van der Waals surface area contributed by atoms with Gasteiger partial charge in [0.2, 0.25) is 5.91 Å². The molecule has 142 valence electrons. The molecule has 2 heterocycles. The summed E-state index contributed by atoms with van der Waals surface area (Å²) in [6.07, 6.45) is 4.16. The van der Waals surface area contributed by atoms with Crippen LogP contribution < -0.4 is 10.1 Å². The van der Waals surface area contributed by atoms with Gasteiger partial charge in [0.05, 0.1) is 32.2 Å². The van der Waals surface area contributed by atoms with E-state index in [1.165, 1.54) is 0 Å². The average Bonchev–Trinajstić information content (AvgIpc) is 3.11. The van der Waals surface area contributed by atoms with Crippen molar-refractivity contribution in [2.45, 2.75) is 19.0 Å². The Morgan fingerprint density at radius 2 is 2.35 bits per heavy atom. The molecule has 1 aliphatic rings. The minimum atomic E-state index is 0. The molecule has 1 aliphatic heterocycles. The molecule has 0 saturated carbocycles. The second-order valence-corrected chi connectivity index (χ2v) is 6.17. The third kappa shape index (κ3) is 5.20. The fourth-order valence-electron chi connectivity index (χ4n) is 2.82. The minimum absolute atomic E-state index is 0. The van der Waals surface area contributed by atoms with Gasteiger partial charge in [0.25, 0.3) is 0 Å². The van der Waals surface area contributed by atoms with E-state index >= 15 is 0 Å². The monoisotopic (exact) mass is 380 g/mol. The molecule has 0 spiro atoms. The number of methoxy groups -OCH3 is 1. The molecule has 8 heteroatoms. The zero-order valence-electron chi connectivity index (χ0n) is 15.1. The zero-order valence-corrected chi connectivity index (χ0v) is 15.9. The number of nitrogens with zero attached hydrogens (tertiary/aromatic N) is 3. The molecule has 1 amide bonds. The van der Waals surface area contributed by atoms with Crippen molar-refractivity contribution in [3.05, 3.63) is 42.2 Å². The van der Waals surface area contributed by atoms with Gasteiger partial charge in [-0.1, -0.05) is 6.07 Å². The van der Waals surface area contributed by atoms with Gasteiger partial charge in [0.15, 0.2) is 0 Å². The number of halogens is 1. The van der Waals surface area contributed by atoms with Gasteiger partial charge in [-0.15, -0.1) is 12.4 Å². The van der Waals surface area contributed by atoms with Crippen molar-refractivity contribution in [3.63, 3.8) is 0 Å². The molecule has 0 radical (unpaired) electrons. The lowest BCUT2D eigenvalue weighted by Crippen LogP contribution is -2.44. The van der Waals surface area contributed by atoms with Crippen LogP contribution in [0.2, 0.25) is 0 Å². The number of amides is 1. The number of nitrogens with one attached hydrogen (secondary N) is 1. The van der Waals surface area contributed by atoms with Crippen molar-refractivity contribution in [2.75, 3.05) is 33.9 Å². The van der Waals surface area contributed by atoms with E-state index in [0.29, 0.717) is 26.2 Å². The Bertz CT molecular complexity index is 716. The molecule has 1 unspecified atom stereocenters. The number of hydrogen-bond acceptors (Lipinski definition) is 5. The Kier molecular flexibility index (Phi) is 7.44. The second kappa shape index (κ2) is 9.56. The van der Waals surface area contributed by atoms with Crippen LogP contribution in [-0.4, -0.2) is 60.5 Å². The maximum Gasteiger partial charge on any atom is 0.224 e. The van der Waals surface area contributed by atoms with Crippen molar-refractivity contribution >= 4 is 18.3 Å². The summed E-state index contributed by atoms with van der Waals surface area (Å²) in [5.41, 5.74) is 1.90. The van der Waals surface area contributed by atoms with E-state index in [9.17, 15) is 4.79 Å². The molecule has 1 aromatic heterocycles. The van der Waals surface area contributed by atoms with E-state index in [4.69, 9.17) is 9.47 Å². The summed E-state index contributed by atoms with van der Waals surface area (Å²) >= 11 is 0. The highest BCUT2D eigenvalue weighted by Gasteiger charge is 2.19. The van der Waals surface area contributed by atoms with Crippen molar-refractivity contribution in [2.24, 2.45) is 0 Å². The highest BCUT2D eigenvalue weighted by atomic mass is 35.5. The van der Waals surface area contributed by atoms with Gasteiger partial charge in [0, 0.05) is 50.4 Å². The number of hydrogen-bond donors (Lipinski definition) is 1. The normalized spacial score (nSPS) is 16.6. The van der Waals surface area contributed by atoms with Crippen LogP contribution in [0.15, 0.2) is 36.7 Å². The Labute approximate surface area is 159 Å². The van der Waals surface area contributed by atoms with E-state index in [0.717, 1.165) is 23.5 Å². The molecule has 26 heavy (non-hydrogen) atoms. The van der Waals surface area contributed by atoms with E-state index in [1.54, 1.807) is 22.9 Å². The number of carbonyl (C=O) groups excluding carboxylic acids is 1. The Morgan fingerprint density at radius 3 is 3.08 bits per heavy atom. The first-order valence-corrected chi connectivity index (χ1v) is 8.39. The lowest BCUT2D eigenvalue weighted by atomic mass is 10.2. The molecule has 1 saturated heterocycles. The smallest absolute Gasteiger partial charge is 0.224 e. The topological polar surface area (TPSA) is 68.6 Å². The predicted octanol–water partition coefficient (Wildman–Crippen LogP) is 1.64. The van der Waals surface area contributed by atoms with Crippen molar-refractivity contribution in [1.29, 1.82) is 0 Å². The average molecular weight is 381 g/mol. The predicted molar refractivity (Wildman–Crippen MR) is 101 cm³/mol. The van der Waals surface area contributed by atoms with Gasteiger partial charge in [0.1, 0.15) is 5.75 Å². The zero-order chi connectivity index (χ0) is 17.6. The molecular formula is C18H25ClN4O3. The molecule has 1 N–H and O–H groups in total. The first-order valence-electron chi connectivity index (χ1n) is 8.39. The summed E-state index contributed by atoms with van der Waals surface area (Å²) in [6.45, 7) is 2.63. The third-order valence-corrected chi connectivity index (χ3v) is 4.22. The van der Waals surface area contributed by atoms with Crippen LogP contribution in [0.25, 0.3) is 5.69 Å². The van der Waals surface area contributed by atoms with Crippen LogP contribution in [0.3, 0.4) is 0 Å². The largest absolute Gasteiger partial charge is 0.497 e. The fraction of sp³-hybridized carbons (Fsp3) is 0.444. The van der Waals surface area contributed by atoms with Gasteiger partial charge in [-0.05, 0) is 12.1 Å². The second-order valence-electron chi connectivity index (χ2n) is 6.17. The highest BCUT2D eigenvalue weighted by Crippen LogP contribution is 2.16. The number of carbonyl (C=O) groups is 1. The number of benzene rings is 1. The first kappa shape index (κ1) is 20.2. The summed E-state index contributed by atoms with van der Waals surface area (Å²) < 4.78 is 12.4. The summed E-state index contributed by atoms with van der Waals surface area (Å²) in [4.78, 5) is 14.1. The fourth-order valence-corrected chi connectivity index (χ4v) is 2.82. The van der Waals surface area contributed by atoms with Crippen LogP contribution in [0.5, 0.6) is 5.75 Å². The van der Waals surface area contributed by atoms with Crippen molar-refractivity contribution < 1.29 is 14.3 Å². The van der Waals surface area contributed by atoms with Gasteiger partial charge in [-0.2, -0.15) is 5.10 Å². The molecule has 0 bridgehead atoms. The van der Waals surface area contributed by atoms with Gasteiger partial charge in [-0.3, -0.25) is 4.79 Å². The lowest BCUT2D eigenvalue weighted by molar-refractivity contribution is -0.131. The maximum absolute atomic E-state index is 12.4. The Hall–Kier alpha value is -2.09. The van der Waals surface area contributed by atoms with E-state index in [2.05, 4.69) is 10.4 Å². The van der Waals surface area contributed by atoms with Crippen LogP contribution in [0, 0.1) is 0 Å². The van der Waals surface area contributed by atoms with E-state index in [1.807, 2.05) is 37.5 Å². The van der Waals surface area contributed by atoms with Gasteiger partial charge >= 0.3 is 0 Å².